The lowest BCUT2D eigenvalue weighted by atomic mass is 10.1. The summed E-state index contributed by atoms with van der Waals surface area (Å²) in [6, 6.07) is 7.31. The van der Waals surface area contributed by atoms with Crippen LogP contribution in [0.4, 0.5) is 15.8 Å². The number of imidazole rings is 1. The summed E-state index contributed by atoms with van der Waals surface area (Å²) in [6.45, 7) is 1.85. The standard InChI is InChI=1S/C15H12BrClFN3/c1-8-5-12-15(19-7-21(12)2)13(18)14(8)20-11-4-3-9(16)6-10(11)17/h3-7,20H,1-2H3. The fourth-order valence-electron chi connectivity index (χ4n) is 2.23. The van der Waals surface area contributed by atoms with Crippen molar-refractivity contribution in [1.82, 2.24) is 9.55 Å². The van der Waals surface area contributed by atoms with E-state index in [9.17, 15) is 4.39 Å². The summed E-state index contributed by atoms with van der Waals surface area (Å²) in [7, 11) is 1.84. The number of benzene rings is 2. The number of nitrogens with zero attached hydrogens (tertiary/aromatic N) is 2. The molecule has 0 saturated heterocycles. The average Bonchev–Trinajstić information content (AvgIpc) is 2.78. The maximum Gasteiger partial charge on any atom is 0.174 e. The first kappa shape index (κ1) is 14.4. The van der Waals surface area contributed by atoms with Crippen molar-refractivity contribution in [2.45, 2.75) is 6.92 Å². The largest absolute Gasteiger partial charge is 0.352 e. The van der Waals surface area contributed by atoms with Crippen LogP contribution in [-0.2, 0) is 7.05 Å². The Morgan fingerprint density at radius 2 is 2.10 bits per heavy atom. The maximum atomic E-state index is 14.6. The Balaban J connectivity index is 2.12. The smallest absolute Gasteiger partial charge is 0.174 e. The van der Waals surface area contributed by atoms with Gasteiger partial charge in [-0.2, -0.15) is 0 Å². The van der Waals surface area contributed by atoms with Gasteiger partial charge in [0.1, 0.15) is 5.52 Å². The maximum absolute atomic E-state index is 14.6. The van der Waals surface area contributed by atoms with E-state index in [-0.39, 0.29) is 5.82 Å². The van der Waals surface area contributed by atoms with Gasteiger partial charge in [0, 0.05) is 11.5 Å². The van der Waals surface area contributed by atoms with E-state index in [0.29, 0.717) is 21.9 Å². The molecule has 1 N–H and O–H groups in total. The van der Waals surface area contributed by atoms with Gasteiger partial charge < -0.3 is 9.88 Å². The minimum atomic E-state index is -0.371. The molecule has 0 fully saturated rings. The minimum absolute atomic E-state index is 0.346. The van der Waals surface area contributed by atoms with Crippen molar-refractivity contribution < 1.29 is 4.39 Å². The van der Waals surface area contributed by atoms with Crippen LogP contribution < -0.4 is 5.32 Å². The van der Waals surface area contributed by atoms with Crippen LogP contribution in [0.5, 0.6) is 0 Å². The molecule has 0 aliphatic rings. The highest BCUT2D eigenvalue weighted by Crippen LogP contribution is 2.33. The monoisotopic (exact) mass is 367 g/mol. The molecule has 0 atom stereocenters. The van der Waals surface area contributed by atoms with Crippen LogP contribution in [0.2, 0.25) is 5.02 Å². The summed E-state index contributed by atoms with van der Waals surface area (Å²) in [5, 5.41) is 3.58. The molecule has 0 amide bonds. The van der Waals surface area contributed by atoms with Crippen LogP contribution in [0.3, 0.4) is 0 Å². The first-order valence-corrected chi connectivity index (χ1v) is 7.46. The molecule has 0 saturated carbocycles. The molecule has 0 unspecified atom stereocenters. The van der Waals surface area contributed by atoms with Crippen molar-refractivity contribution in [1.29, 1.82) is 0 Å². The van der Waals surface area contributed by atoms with E-state index in [4.69, 9.17) is 11.6 Å². The number of fused-ring (bicyclic) bond motifs is 1. The lowest BCUT2D eigenvalue weighted by Gasteiger charge is -2.13. The van der Waals surface area contributed by atoms with E-state index >= 15 is 0 Å². The van der Waals surface area contributed by atoms with Crippen molar-refractivity contribution in [3.8, 4) is 0 Å². The summed E-state index contributed by atoms with van der Waals surface area (Å²) in [5.41, 5.74) is 2.95. The zero-order valence-electron chi connectivity index (χ0n) is 11.4. The molecular formula is C15H12BrClFN3. The summed E-state index contributed by atoms with van der Waals surface area (Å²) in [6.07, 6.45) is 1.60. The molecule has 3 nitrogen and oxygen atoms in total. The van der Waals surface area contributed by atoms with Crippen molar-refractivity contribution in [3.63, 3.8) is 0 Å². The molecule has 21 heavy (non-hydrogen) atoms. The molecule has 1 heterocycles. The van der Waals surface area contributed by atoms with E-state index in [1.165, 1.54) is 0 Å². The van der Waals surface area contributed by atoms with Crippen LogP contribution in [-0.4, -0.2) is 9.55 Å². The zero-order valence-corrected chi connectivity index (χ0v) is 13.8. The molecule has 0 radical (unpaired) electrons. The van der Waals surface area contributed by atoms with E-state index in [0.717, 1.165) is 15.6 Å². The summed E-state index contributed by atoms with van der Waals surface area (Å²) in [4.78, 5) is 4.11. The van der Waals surface area contributed by atoms with Gasteiger partial charge in [0.15, 0.2) is 5.82 Å². The lowest BCUT2D eigenvalue weighted by molar-refractivity contribution is 0.640. The van der Waals surface area contributed by atoms with Gasteiger partial charge in [0.05, 0.1) is 28.2 Å². The van der Waals surface area contributed by atoms with Crippen LogP contribution in [0.1, 0.15) is 5.56 Å². The number of nitrogens with one attached hydrogen (secondary N) is 1. The Labute approximate surface area is 134 Å². The Morgan fingerprint density at radius 3 is 2.81 bits per heavy atom. The Hall–Kier alpha value is -1.59. The number of anilines is 2. The Kier molecular flexibility index (Phi) is 3.63. The van der Waals surface area contributed by atoms with Gasteiger partial charge in [-0.25, -0.2) is 9.37 Å². The first-order chi connectivity index (χ1) is 9.97. The number of halogens is 3. The molecular weight excluding hydrogens is 357 g/mol. The van der Waals surface area contributed by atoms with E-state index in [2.05, 4.69) is 26.2 Å². The predicted molar refractivity (Wildman–Crippen MR) is 87.8 cm³/mol. The quantitative estimate of drug-likeness (QED) is 0.675. The Morgan fingerprint density at radius 1 is 1.33 bits per heavy atom. The lowest BCUT2D eigenvalue weighted by Crippen LogP contribution is -1.99. The second-order valence-corrected chi connectivity index (χ2v) is 6.18. The number of aromatic nitrogens is 2. The van der Waals surface area contributed by atoms with Crippen molar-refractivity contribution in [2.24, 2.45) is 7.05 Å². The van der Waals surface area contributed by atoms with Crippen molar-refractivity contribution >= 4 is 49.9 Å². The summed E-state index contributed by atoms with van der Waals surface area (Å²) in [5.74, 6) is -0.371. The highest BCUT2D eigenvalue weighted by Gasteiger charge is 2.15. The molecule has 2 aromatic carbocycles. The SMILES string of the molecule is Cc1cc2c(ncn2C)c(F)c1Nc1ccc(Br)cc1Cl. The molecule has 108 valence electrons. The molecule has 0 aliphatic heterocycles. The number of aryl methyl sites for hydroxylation is 2. The normalized spacial score (nSPS) is 11.1. The third kappa shape index (κ3) is 2.51. The predicted octanol–water partition coefficient (Wildman–Crippen LogP) is 5.18. The molecule has 1 aromatic heterocycles. The zero-order chi connectivity index (χ0) is 15.1. The van der Waals surface area contributed by atoms with Gasteiger partial charge in [-0.15, -0.1) is 0 Å². The van der Waals surface area contributed by atoms with Crippen molar-refractivity contribution in [3.05, 3.63) is 51.5 Å². The number of hydrogen-bond acceptors (Lipinski definition) is 2. The average molecular weight is 369 g/mol. The third-order valence-electron chi connectivity index (χ3n) is 3.35. The molecule has 3 aromatic rings. The van der Waals surface area contributed by atoms with Crippen molar-refractivity contribution in [2.75, 3.05) is 5.32 Å². The summed E-state index contributed by atoms with van der Waals surface area (Å²) < 4.78 is 17.3. The number of hydrogen-bond donors (Lipinski definition) is 1. The minimum Gasteiger partial charge on any atom is -0.352 e. The third-order valence-corrected chi connectivity index (χ3v) is 4.15. The van der Waals surface area contributed by atoms with Gasteiger partial charge in [0.2, 0.25) is 0 Å². The summed E-state index contributed by atoms with van der Waals surface area (Å²) >= 11 is 9.52. The highest BCUT2D eigenvalue weighted by molar-refractivity contribution is 9.10. The van der Waals surface area contributed by atoms with Crippen LogP contribution >= 0.6 is 27.5 Å². The molecule has 0 spiro atoms. The highest BCUT2D eigenvalue weighted by atomic mass is 79.9. The first-order valence-electron chi connectivity index (χ1n) is 6.29. The van der Waals surface area contributed by atoms with Gasteiger partial charge >= 0.3 is 0 Å². The van der Waals surface area contributed by atoms with Gasteiger partial charge in [0.25, 0.3) is 0 Å². The topological polar surface area (TPSA) is 29.9 Å². The molecule has 0 bridgehead atoms. The molecule has 3 rings (SSSR count). The fourth-order valence-corrected chi connectivity index (χ4v) is 2.95. The van der Waals surface area contributed by atoms with Crippen LogP contribution in [0.15, 0.2) is 35.1 Å². The van der Waals surface area contributed by atoms with E-state index in [1.54, 1.807) is 23.0 Å². The molecule has 6 heteroatoms. The second-order valence-electron chi connectivity index (χ2n) is 4.85. The fraction of sp³-hybridized carbons (Fsp3) is 0.133. The van der Waals surface area contributed by atoms with E-state index in [1.807, 2.05) is 26.1 Å². The number of rotatable bonds is 2. The van der Waals surface area contributed by atoms with Gasteiger partial charge in [-0.05, 0) is 36.8 Å². The molecule has 0 aliphatic carbocycles. The van der Waals surface area contributed by atoms with Gasteiger partial charge in [-0.1, -0.05) is 27.5 Å². The van der Waals surface area contributed by atoms with Crippen LogP contribution in [0, 0.1) is 12.7 Å². The van der Waals surface area contributed by atoms with Crippen LogP contribution in [0.25, 0.3) is 11.0 Å². The second kappa shape index (κ2) is 5.31. The van der Waals surface area contributed by atoms with E-state index < -0.39 is 0 Å². The Bertz CT molecular complexity index is 845. The van der Waals surface area contributed by atoms with Gasteiger partial charge in [-0.3, -0.25) is 0 Å².